The standard InChI is InChI=1S/C16H19N3O2/c1-3-12(2)17-16(21)18-15(20)11-19-9-8-13-6-4-5-7-14(13)10-19/h4-10,12H,3,11H2,1-2H3,(H-,17,18,20,21)/p+1/t12-/m0/s1. The number of pyridine rings is 1. The zero-order valence-electron chi connectivity index (χ0n) is 12.3. The molecule has 0 unspecified atom stereocenters. The molecule has 1 aromatic carbocycles. The number of urea groups is 1. The molecule has 0 spiro atoms. The van der Waals surface area contributed by atoms with Crippen LogP contribution in [-0.4, -0.2) is 18.0 Å². The number of rotatable bonds is 4. The molecule has 5 heteroatoms. The van der Waals surface area contributed by atoms with Gasteiger partial charge in [0.1, 0.15) is 0 Å². The highest BCUT2D eigenvalue weighted by Gasteiger charge is 2.14. The van der Waals surface area contributed by atoms with Crippen LogP contribution in [0.4, 0.5) is 4.79 Å². The fourth-order valence-electron chi connectivity index (χ4n) is 1.97. The van der Waals surface area contributed by atoms with Gasteiger partial charge in [-0.3, -0.25) is 10.1 Å². The molecule has 0 saturated heterocycles. The number of nitrogens with zero attached hydrogens (tertiary/aromatic N) is 1. The van der Waals surface area contributed by atoms with Crippen molar-refractivity contribution in [2.24, 2.45) is 0 Å². The van der Waals surface area contributed by atoms with Crippen molar-refractivity contribution in [3.8, 4) is 0 Å². The van der Waals surface area contributed by atoms with E-state index >= 15 is 0 Å². The first-order valence-corrected chi connectivity index (χ1v) is 7.06. The van der Waals surface area contributed by atoms with Crippen LogP contribution in [0.2, 0.25) is 0 Å². The van der Waals surface area contributed by atoms with Crippen molar-refractivity contribution in [1.82, 2.24) is 10.6 Å². The van der Waals surface area contributed by atoms with Gasteiger partial charge in [-0.25, -0.2) is 4.79 Å². The van der Waals surface area contributed by atoms with Crippen molar-refractivity contribution in [3.05, 3.63) is 42.7 Å². The first kappa shape index (κ1) is 15.0. The maximum absolute atomic E-state index is 11.8. The topological polar surface area (TPSA) is 62.1 Å². The van der Waals surface area contributed by atoms with Gasteiger partial charge >= 0.3 is 6.03 Å². The van der Waals surface area contributed by atoms with E-state index in [9.17, 15) is 9.59 Å². The Morgan fingerprint density at radius 1 is 1.19 bits per heavy atom. The van der Waals surface area contributed by atoms with Gasteiger partial charge in [-0.2, -0.15) is 4.57 Å². The van der Waals surface area contributed by atoms with Gasteiger partial charge in [0.05, 0.1) is 0 Å². The Bertz CT molecular complexity index is 655. The molecule has 0 aliphatic heterocycles. The van der Waals surface area contributed by atoms with Gasteiger partial charge in [0.2, 0.25) is 6.54 Å². The number of hydrogen-bond acceptors (Lipinski definition) is 2. The molecule has 1 atom stereocenters. The third-order valence-corrected chi connectivity index (χ3v) is 3.32. The van der Waals surface area contributed by atoms with E-state index in [0.717, 1.165) is 17.2 Å². The molecule has 0 aliphatic carbocycles. The second kappa shape index (κ2) is 6.83. The van der Waals surface area contributed by atoms with E-state index in [1.807, 2.05) is 56.6 Å². The van der Waals surface area contributed by atoms with Crippen LogP contribution in [-0.2, 0) is 11.3 Å². The summed E-state index contributed by atoms with van der Waals surface area (Å²) >= 11 is 0. The van der Waals surface area contributed by atoms with Gasteiger partial charge in [-0.05, 0) is 24.8 Å². The summed E-state index contributed by atoms with van der Waals surface area (Å²) in [6, 6.07) is 9.47. The minimum absolute atomic E-state index is 0.0473. The van der Waals surface area contributed by atoms with Crippen LogP contribution in [0, 0.1) is 0 Å². The van der Waals surface area contributed by atoms with Gasteiger partial charge < -0.3 is 5.32 Å². The number of imide groups is 1. The van der Waals surface area contributed by atoms with Crippen molar-refractivity contribution in [1.29, 1.82) is 0 Å². The van der Waals surface area contributed by atoms with Crippen molar-refractivity contribution >= 4 is 22.7 Å². The molecule has 2 rings (SSSR count). The van der Waals surface area contributed by atoms with Crippen molar-refractivity contribution in [2.75, 3.05) is 0 Å². The summed E-state index contributed by atoms with van der Waals surface area (Å²) in [6.07, 6.45) is 4.54. The summed E-state index contributed by atoms with van der Waals surface area (Å²) in [5, 5.41) is 7.19. The molecule has 5 nitrogen and oxygen atoms in total. The molecule has 0 aliphatic rings. The average molecular weight is 286 g/mol. The third kappa shape index (κ3) is 4.27. The molecule has 1 aromatic heterocycles. The number of carbonyl (C=O) groups excluding carboxylic acids is 2. The average Bonchev–Trinajstić information content (AvgIpc) is 2.46. The molecule has 1 heterocycles. The number of benzene rings is 1. The summed E-state index contributed by atoms with van der Waals surface area (Å²) in [5.41, 5.74) is 0. The van der Waals surface area contributed by atoms with Crippen LogP contribution in [0.5, 0.6) is 0 Å². The van der Waals surface area contributed by atoms with Gasteiger partial charge in [0.15, 0.2) is 12.4 Å². The Morgan fingerprint density at radius 3 is 2.62 bits per heavy atom. The molecule has 0 saturated carbocycles. The fraction of sp³-hybridized carbons (Fsp3) is 0.312. The van der Waals surface area contributed by atoms with E-state index in [1.54, 1.807) is 4.57 Å². The van der Waals surface area contributed by atoms with Crippen LogP contribution in [0.15, 0.2) is 42.7 Å². The second-order valence-corrected chi connectivity index (χ2v) is 5.08. The highest BCUT2D eigenvalue weighted by Crippen LogP contribution is 2.09. The number of nitrogens with one attached hydrogen (secondary N) is 2. The quantitative estimate of drug-likeness (QED) is 0.841. The molecule has 0 fully saturated rings. The summed E-state index contributed by atoms with van der Waals surface area (Å²) in [4.78, 5) is 23.4. The van der Waals surface area contributed by atoms with E-state index in [2.05, 4.69) is 10.6 Å². The molecule has 2 aromatic rings. The molecular formula is C16H20N3O2+. The van der Waals surface area contributed by atoms with Crippen LogP contribution in [0.1, 0.15) is 20.3 Å². The fourth-order valence-corrected chi connectivity index (χ4v) is 1.97. The van der Waals surface area contributed by atoms with Gasteiger partial charge in [-0.15, -0.1) is 0 Å². The van der Waals surface area contributed by atoms with E-state index in [0.29, 0.717) is 0 Å². The Morgan fingerprint density at radius 2 is 1.90 bits per heavy atom. The first-order chi connectivity index (χ1) is 10.1. The Kier molecular flexibility index (Phi) is 4.87. The van der Waals surface area contributed by atoms with Crippen LogP contribution >= 0.6 is 0 Å². The molecule has 0 radical (unpaired) electrons. The predicted octanol–water partition coefficient (Wildman–Crippen LogP) is 1.75. The summed E-state index contributed by atoms with van der Waals surface area (Å²) in [7, 11) is 0. The molecule has 0 bridgehead atoms. The largest absolute Gasteiger partial charge is 0.335 e. The van der Waals surface area contributed by atoms with Crippen molar-refractivity contribution < 1.29 is 14.2 Å². The minimum atomic E-state index is -0.448. The van der Waals surface area contributed by atoms with E-state index in [4.69, 9.17) is 0 Å². The zero-order valence-corrected chi connectivity index (χ0v) is 12.3. The predicted molar refractivity (Wildman–Crippen MR) is 80.6 cm³/mol. The Hall–Kier alpha value is -2.43. The van der Waals surface area contributed by atoms with Crippen LogP contribution < -0.4 is 15.2 Å². The normalized spacial score (nSPS) is 11.9. The van der Waals surface area contributed by atoms with E-state index < -0.39 is 6.03 Å². The highest BCUT2D eigenvalue weighted by molar-refractivity contribution is 5.93. The zero-order chi connectivity index (χ0) is 15.2. The van der Waals surface area contributed by atoms with Gasteiger partial charge in [0.25, 0.3) is 5.91 Å². The summed E-state index contributed by atoms with van der Waals surface area (Å²) < 4.78 is 1.76. The number of aromatic nitrogens is 1. The Labute approximate surface area is 124 Å². The summed E-state index contributed by atoms with van der Waals surface area (Å²) in [5.74, 6) is -0.337. The molecule has 110 valence electrons. The smallest absolute Gasteiger partial charge is 0.321 e. The maximum atomic E-state index is 11.8. The number of hydrogen-bond donors (Lipinski definition) is 2. The van der Waals surface area contributed by atoms with Crippen LogP contribution in [0.3, 0.4) is 0 Å². The lowest BCUT2D eigenvalue weighted by Crippen LogP contribution is -2.48. The first-order valence-electron chi connectivity index (χ1n) is 7.06. The van der Waals surface area contributed by atoms with Gasteiger partial charge in [0, 0.05) is 17.5 Å². The van der Waals surface area contributed by atoms with Crippen molar-refractivity contribution in [2.45, 2.75) is 32.9 Å². The minimum Gasteiger partial charge on any atom is -0.335 e. The summed E-state index contributed by atoms with van der Waals surface area (Å²) in [6.45, 7) is 3.97. The number of carbonyl (C=O) groups is 2. The lowest BCUT2D eigenvalue weighted by atomic mass is 10.2. The lowest BCUT2D eigenvalue weighted by Gasteiger charge is -2.10. The molecule has 3 amide bonds. The monoisotopic (exact) mass is 286 g/mol. The molecule has 2 N–H and O–H groups in total. The van der Waals surface area contributed by atoms with E-state index in [-0.39, 0.29) is 18.5 Å². The molecule has 21 heavy (non-hydrogen) atoms. The number of amides is 3. The third-order valence-electron chi connectivity index (χ3n) is 3.32. The highest BCUT2D eigenvalue weighted by atomic mass is 16.2. The second-order valence-electron chi connectivity index (χ2n) is 5.08. The maximum Gasteiger partial charge on any atom is 0.321 e. The van der Waals surface area contributed by atoms with Gasteiger partial charge in [-0.1, -0.05) is 25.1 Å². The SMILES string of the molecule is CC[C@H](C)NC(=O)NC(=O)C[n+]1ccc2ccccc2c1. The number of fused-ring (bicyclic) bond motifs is 1. The lowest BCUT2D eigenvalue weighted by molar-refractivity contribution is -0.683. The molecular weight excluding hydrogens is 266 g/mol. The Balaban J connectivity index is 1.96. The van der Waals surface area contributed by atoms with Crippen LogP contribution in [0.25, 0.3) is 10.8 Å². The van der Waals surface area contributed by atoms with E-state index in [1.165, 1.54) is 0 Å². The van der Waals surface area contributed by atoms with Crippen molar-refractivity contribution in [3.63, 3.8) is 0 Å².